The van der Waals surface area contributed by atoms with E-state index in [1.54, 1.807) is 0 Å². The number of para-hydroxylation sites is 1. The molecule has 120 valence electrons. The van der Waals surface area contributed by atoms with Crippen molar-refractivity contribution in [2.45, 2.75) is 25.7 Å². The highest BCUT2D eigenvalue weighted by Gasteiger charge is 2.24. The number of nitrogens with zero attached hydrogens (tertiary/aromatic N) is 1. The molecule has 1 fully saturated rings. The van der Waals surface area contributed by atoms with E-state index in [1.807, 2.05) is 0 Å². The summed E-state index contributed by atoms with van der Waals surface area (Å²) < 4.78 is 5.36. The van der Waals surface area contributed by atoms with Gasteiger partial charge in [0.25, 0.3) is 0 Å². The zero-order valence-corrected chi connectivity index (χ0v) is 13.3. The van der Waals surface area contributed by atoms with E-state index >= 15 is 0 Å². The number of likely N-dealkylation sites (tertiary alicyclic amines) is 1. The zero-order chi connectivity index (χ0) is 15.4. The highest BCUT2D eigenvalue weighted by Crippen LogP contribution is 2.35. The normalized spacial score (nSPS) is 17.4. The standard InChI is InChI=1S/C18H26N2O2/c1-14-18(16-4-2-3-5-17(16)19-14)15-6-8-20(9-7-15)10-12-22-13-11-21/h2-5,15,19,21H,6-13H2,1H3. The number of nitrogens with one attached hydrogen (secondary N) is 1. The van der Waals surface area contributed by atoms with E-state index in [0.717, 1.165) is 26.2 Å². The van der Waals surface area contributed by atoms with Crippen molar-refractivity contribution >= 4 is 10.9 Å². The molecule has 1 aliphatic rings. The Labute approximate surface area is 132 Å². The number of rotatable bonds is 6. The molecule has 2 aromatic rings. The van der Waals surface area contributed by atoms with Crippen molar-refractivity contribution in [2.24, 2.45) is 0 Å². The van der Waals surface area contributed by atoms with Gasteiger partial charge in [-0.1, -0.05) is 18.2 Å². The van der Waals surface area contributed by atoms with Gasteiger partial charge in [0.15, 0.2) is 0 Å². The zero-order valence-electron chi connectivity index (χ0n) is 13.3. The summed E-state index contributed by atoms with van der Waals surface area (Å²) in [5.74, 6) is 0.658. The first-order valence-electron chi connectivity index (χ1n) is 8.27. The molecule has 0 aliphatic carbocycles. The molecule has 3 rings (SSSR count). The molecule has 1 aliphatic heterocycles. The van der Waals surface area contributed by atoms with Crippen LogP contribution < -0.4 is 0 Å². The SMILES string of the molecule is Cc1[nH]c2ccccc2c1C1CCN(CCOCCO)CC1. The number of aliphatic hydroxyl groups excluding tert-OH is 1. The fourth-order valence-electron chi connectivity index (χ4n) is 3.63. The van der Waals surface area contributed by atoms with Crippen molar-refractivity contribution in [3.63, 3.8) is 0 Å². The van der Waals surface area contributed by atoms with Gasteiger partial charge in [-0.05, 0) is 50.4 Å². The van der Waals surface area contributed by atoms with Crippen LogP contribution in [0.5, 0.6) is 0 Å². The van der Waals surface area contributed by atoms with Crippen molar-refractivity contribution < 1.29 is 9.84 Å². The third-order valence-electron chi connectivity index (χ3n) is 4.73. The van der Waals surface area contributed by atoms with Gasteiger partial charge in [0, 0.05) is 23.1 Å². The molecular weight excluding hydrogens is 276 g/mol. The molecule has 4 heteroatoms. The minimum absolute atomic E-state index is 0.113. The summed E-state index contributed by atoms with van der Waals surface area (Å²) in [4.78, 5) is 6.00. The Hall–Kier alpha value is -1.36. The van der Waals surface area contributed by atoms with E-state index in [1.165, 1.54) is 35.0 Å². The van der Waals surface area contributed by atoms with Gasteiger partial charge >= 0.3 is 0 Å². The largest absolute Gasteiger partial charge is 0.394 e. The molecule has 1 saturated heterocycles. The van der Waals surface area contributed by atoms with Crippen LogP contribution in [-0.4, -0.2) is 54.4 Å². The third kappa shape index (κ3) is 3.35. The molecule has 2 heterocycles. The van der Waals surface area contributed by atoms with Crippen molar-refractivity contribution in [2.75, 3.05) is 39.5 Å². The first-order chi connectivity index (χ1) is 10.8. The monoisotopic (exact) mass is 302 g/mol. The van der Waals surface area contributed by atoms with Crippen LogP contribution in [0.3, 0.4) is 0 Å². The molecule has 0 bridgehead atoms. The first kappa shape index (κ1) is 15.5. The molecule has 0 spiro atoms. The van der Waals surface area contributed by atoms with E-state index in [4.69, 9.17) is 9.84 Å². The lowest BCUT2D eigenvalue weighted by Crippen LogP contribution is -2.35. The fraction of sp³-hybridized carbons (Fsp3) is 0.556. The number of aromatic nitrogens is 1. The molecule has 0 saturated carbocycles. The Morgan fingerprint density at radius 1 is 1.23 bits per heavy atom. The smallest absolute Gasteiger partial charge is 0.0698 e. The van der Waals surface area contributed by atoms with Gasteiger partial charge in [0.2, 0.25) is 0 Å². The molecule has 0 radical (unpaired) electrons. The molecular formula is C18H26N2O2. The van der Waals surface area contributed by atoms with Gasteiger partial charge in [0.1, 0.15) is 0 Å². The Morgan fingerprint density at radius 3 is 2.77 bits per heavy atom. The number of aromatic amines is 1. The molecule has 2 N–H and O–H groups in total. The second-order valence-corrected chi connectivity index (χ2v) is 6.16. The van der Waals surface area contributed by atoms with E-state index in [-0.39, 0.29) is 6.61 Å². The van der Waals surface area contributed by atoms with Gasteiger partial charge in [-0.3, -0.25) is 0 Å². The number of aryl methyl sites for hydroxylation is 1. The van der Waals surface area contributed by atoms with Crippen molar-refractivity contribution in [3.05, 3.63) is 35.5 Å². The lowest BCUT2D eigenvalue weighted by atomic mass is 9.87. The Kier molecular flexibility index (Phi) is 5.13. The van der Waals surface area contributed by atoms with Crippen LogP contribution >= 0.6 is 0 Å². The summed E-state index contributed by atoms with van der Waals surface area (Å²) in [6.45, 7) is 6.71. The summed E-state index contributed by atoms with van der Waals surface area (Å²) >= 11 is 0. The Morgan fingerprint density at radius 2 is 2.00 bits per heavy atom. The minimum Gasteiger partial charge on any atom is -0.394 e. The van der Waals surface area contributed by atoms with Gasteiger partial charge in [-0.15, -0.1) is 0 Å². The van der Waals surface area contributed by atoms with Crippen molar-refractivity contribution in [3.8, 4) is 0 Å². The van der Waals surface area contributed by atoms with E-state index in [0.29, 0.717) is 12.5 Å². The van der Waals surface area contributed by atoms with Crippen LogP contribution in [0.2, 0.25) is 0 Å². The van der Waals surface area contributed by atoms with Crippen LogP contribution in [0.25, 0.3) is 10.9 Å². The van der Waals surface area contributed by atoms with Gasteiger partial charge < -0.3 is 19.7 Å². The summed E-state index contributed by atoms with van der Waals surface area (Å²) in [5.41, 5.74) is 4.10. The molecule has 22 heavy (non-hydrogen) atoms. The Bertz CT molecular complexity index is 600. The minimum atomic E-state index is 0.113. The molecule has 4 nitrogen and oxygen atoms in total. The summed E-state index contributed by atoms with van der Waals surface area (Å²) in [7, 11) is 0. The highest BCUT2D eigenvalue weighted by molar-refractivity contribution is 5.85. The van der Waals surface area contributed by atoms with Gasteiger partial charge in [0.05, 0.1) is 19.8 Å². The maximum atomic E-state index is 8.71. The van der Waals surface area contributed by atoms with E-state index in [2.05, 4.69) is 41.1 Å². The number of hydrogen-bond donors (Lipinski definition) is 2. The maximum absolute atomic E-state index is 8.71. The number of fused-ring (bicyclic) bond motifs is 1. The first-order valence-corrected chi connectivity index (χ1v) is 8.27. The highest BCUT2D eigenvalue weighted by atomic mass is 16.5. The summed E-state index contributed by atoms with van der Waals surface area (Å²) in [5, 5.41) is 10.1. The average Bonchev–Trinajstić information content (AvgIpc) is 2.88. The fourth-order valence-corrected chi connectivity index (χ4v) is 3.63. The van der Waals surface area contributed by atoms with Crippen LogP contribution in [0.4, 0.5) is 0 Å². The summed E-state index contributed by atoms with van der Waals surface area (Å²) in [6, 6.07) is 8.63. The number of aliphatic hydroxyl groups is 1. The van der Waals surface area contributed by atoms with E-state index < -0.39 is 0 Å². The Balaban J connectivity index is 1.60. The third-order valence-corrected chi connectivity index (χ3v) is 4.73. The van der Waals surface area contributed by atoms with Crippen molar-refractivity contribution in [1.82, 2.24) is 9.88 Å². The summed E-state index contributed by atoms with van der Waals surface area (Å²) in [6.07, 6.45) is 2.42. The molecule has 0 amide bonds. The second kappa shape index (κ2) is 7.27. The van der Waals surface area contributed by atoms with Crippen LogP contribution in [-0.2, 0) is 4.74 Å². The lowest BCUT2D eigenvalue weighted by Gasteiger charge is -2.32. The number of H-pyrrole nitrogens is 1. The second-order valence-electron chi connectivity index (χ2n) is 6.16. The van der Waals surface area contributed by atoms with Gasteiger partial charge in [-0.2, -0.15) is 0 Å². The average molecular weight is 302 g/mol. The van der Waals surface area contributed by atoms with Crippen LogP contribution in [0, 0.1) is 6.92 Å². The maximum Gasteiger partial charge on any atom is 0.0698 e. The predicted octanol–water partition coefficient (Wildman–Crippen LogP) is 2.66. The predicted molar refractivity (Wildman–Crippen MR) is 89.4 cm³/mol. The van der Waals surface area contributed by atoms with Crippen LogP contribution in [0.1, 0.15) is 30.0 Å². The van der Waals surface area contributed by atoms with E-state index in [9.17, 15) is 0 Å². The topological polar surface area (TPSA) is 48.5 Å². The molecule has 1 aromatic heterocycles. The molecule has 1 aromatic carbocycles. The molecule has 0 atom stereocenters. The van der Waals surface area contributed by atoms with Crippen LogP contribution in [0.15, 0.2) is 24.3 Å². The number of hydrogen-bond acceptors (Lipinski definition) is 3. The quantitative estimate of drug-likeness (QED) is 0.807. The molecule has 0 unspecified atom stereocenters. The van der Waals surface area contributed by atoms with Crippen molar-refractivity contribution in [1.29, 1.82) is 0 Å². The number of benzene rings is 1. The number of ether oxygens (including phenoxy) is 1. The van der Waals surface area contributed by atoms with Gasteiger partial charge in [-0.25, -0.2) is 0 Å². The lowest BCUT2D eigenvalue weighted by molar-refractivity contribution is 0.0680. The number of piperidine rings is 1.